The summed E-state index contributed by atoms with van der Waals surface area (Å²) in [5, 5.41) is 12.4. The molecule has 1 N–H and O–H groups in total. The van der Waals surface area contributed by atoms with Crippen LogP contribution in [0.15, 0.2) is 60.2 Å². The molecule has 4 aliphatic rings. The minimum Gasteiger partial charge on any atom is -0.458 e. The minimum absolute atomic E-state index is 0.0210. The Morgan fingerprint density at radius 3 is 1.84 bits per heavy atom. The zero-order valence-electron chi connectivity index (χ0n) is 27.2. The van der Waals surface area contributed by atoms with Gasteiger partial charge in [-0.1, -0.05) is 26.8 Å². The number of Topliss-reactive ketones (excluding diaryl/α,β-unsaturated/α-hetero) is 1. The smallest absolute Gasteiger partial charge is 0.416 e. The minimum atomic E-state index is -4.65. The molecule has 6 rings (SSSR count). The maximum absolute atomic E-state index is 14.2. The molecule has 49 heavy (non-hydrogen) atoms. The monoisotopic (exact) mass is 694 g/mol. The summed E-state index contributed by atoms with van der Waals surface area (Å²) in [6.07, 6.45) is -9.42. The standard InChI is InChI=1S/C36H36F6O7/c1-18-15-25-24(32(25,3)4)13-14-33(17-47-33)29(49-31(45)21-7-11-23(12-8-21)36(40,41)42)26-27(19(2)16-34(26,46)28(18)43)48-30(44)20-5-9-22(10-6-20)35(37,38)39/h5-12,15,19,24-27,29,46H,13-14,16-17H2,1-4H3/b18-15+/t19-,24-,25+,26+,27-,29+,33-,34+/m0/s1. The van der Waals surface area contributed by atoms with Crippen molar-refractivity contribution in [1.29, 1.82) is 0 Å². The summed E-state index contributed by atoms with van der Waals surface area (Å²) < 4.78 is 97.1. The first-order valence-corrected chi connectivity index (χ1v) is 16.0. The zero-order valence-corrected chi connectivity index (χ0v) is 27.2. The largest absolute Gasteiger partial charge is 0.458 e. The molecule has 0 radical (unpaired) electrons. The van der Waals surface area contributed by atoms with Crippen LogP contribution in [0.4, 0.5) is 26.3 Å². The summed E-state index contributed by atoms with van der Waals surface area (Å²) in [6.45, 7) is 7.41. The number of alkyl halides is 6. The fourth-order valence-corrected chi connectivity index (χ4v) is 8.00. The molecule has 2 saturated carbocycles. The molecular weight excluding hydrogens is 658 g/mol. The third-order valence-electron chi connectivity index (χ3n) is 11.0. The van der Waals surface area contributed by atoms with E-state index in [0.29, 0.717) is 12.8 Å². The second-order valence-corrected chi connectivity index (χ2v) is 14.5. The maximum atomic E-state index is 14.2. The molecule has 0 unspecified atom stereocenters. The Balaban J connectivity index is 1.40. The SMILES string of the molecule is C/C1=C\[C@@H]2[C@H](CC[C@]3(CO3)[C@H](OC(=O)c3ccc(C(F)(F)F)cc3)[C@H]3[C@@H](OC(=O)c4ccc(C(F)(F)F)cc4)[C@@H](C)C[C@]3(O)C1=O)C2(C)C. The molecule has 2 aromatic rings. The first-order chi connectivity index (χ1) is 22.7. The molecule has 7 nitrogen and oxygen atoms in total. The summed E-state index contributed by atoms with van der Waals surface area (Å²) >= 11 is 0. The first-order valence-electron chi connectivity index (χ1n) is 16.0. The number of hydrogen-bond acceptors (Lipinski definition) is 7. The van der Waals surface area contributed by atoms with Gasteiger partial charge in [-0.15, -0.1) is 0 Å². The molecule has 0 bridgehead atoms. The average molecular weight is 695 g/mol. The molecule has 1 aliphatic heterocycles. The van der Waals surface area contributed by atoms with Crippen LogP contribution in [0.3, 0.4) is 0 Å². The van der Waals surface area contributed by atoms with Gasteiger partial charge in [-0.25, -0.2) is 9.59 Å². The Labute approximate surface area is 278 Å². The van der Waals surface area contributed by atoms with E-state index < -0.39 is 76.4 Å². The highest BCUT2D eigenvalue weighted by molar-refractivity contribution is 6.02. The van der Waals surface area contributed by atoms with Crippen LogP contribution in [0.25, 0.3) is 0 Å². The lowest BCUT2D eigenvalue weighted by atomic mass is 9.74. The van der Waals surface area contributed by atoms with Crippen molar-refractivity contribution in [2.24, 2.45) is 29.1 Å². The molecular formula is C36H36F6O7. The molecule has 1 heterocycles. The van der Waals surface area contributed by atoms with Gasteiger partial charge in [-0.2, -0.15) is 26.3 Å². The highest BCUT2D eigenvalue weighted by Gasteiger charge is 2.69. The third kappa shape index (κ3) is 6.28. The molecule has 0 amide bonds. The summed E-state index contributed by atoms with van der Waals surface area (Å²) in [6, 6.07) is 6.73. The van der Waals surface area contributed by atoms with Gasteiger partial charge < -0.3 is 19.3 Å². The van der Waals surface area contributed by atoms with Gasteiger partial charge in [0.2, 0.25) is 0 Å². The Morgan fingerprint density at radius 1 is 0.878 bits per heavy atom. The third-order valence-corrected chi connectivity index (χ3v) is 11.0. The molecule has 3 aliphatic carbocycles. The number of hydrogen-bond donors (Lipinski definition) is 1. The molecule has 1 spiro atoms. The van der Waals surface area contributed by atoms with Crippen molar-refractivity contribution < 1.29 is 60.0 Å². The Morgan fingerprint density at radius 2 is 1.37 bits per heavy atom. The van der Waals surface area contributed by atoms with Gasteiger partial charge in [0, 0.05) is 0 Å². The number of rotatable bonds is 4. The molecule has 3 fully saturated rings. The summed E-state index contributed by atoms with van der Waals surface area (Å²) in [5.74, 6) is -4.67. The summed E-state index contributed by atoms with van der Waals surface area (Å²) in [5.41, 5.74) is -5.75. The van der Waals surface area contributed by atoms with Gasteiger partial charge in [-0.3, -0.25) is 4.79 Å². The average Bonchev–Trinajstić information content (AvgIpc) is 3.89. The Kier molecular flexibility index (Phi) is 8.37. The van der Waals surface area contributed by atoms with E-state index in [1.807, 2.05) is 6.08 Å². The normalized spacial score (nSPS) is 34.9. The number of carbonyl (C=O) groups is 3. The van der Waals surface area contributed by atoms with E-state index >= 15 is 0 Å². The topological polar surface area (TPSA) is 102 Å². The number of allylic oxidation sites excluding steroid dienone is 1. The fourth-order valence-electron chi connectivity index (χ4n) is 8.00. The van der Waals surface area contributed by atoms with Crippen LogP contribution in [-0.4, -0.2) is 52.8 Å². The van der Waals surface area contributed by atoms with Crippen LogP contribution >= 0.6 is 0 Å². The first kappa shape index (κ1) is 35.1. The van der Waals surface area contributed by atoms with E-state index in [0.717, 1.165) is 48.5 Å². The van der Waals surface area contributed by atoms with E-state index in [2.05, 4.69) is 13.8 Å². The van der Waals surface area contributed by atoms with Crippen molar-refractivity contribution in [2.45, 2.75) is 82.7 Å². The van der Waals surface area contributed by atoms with Crippen LogP contribution < -0.4 is 0 Å². The van der Waals surface area contributed by atoms with E-state index in [9.17, 15) is 45.8 Å². The lowest BCUT2D eigenvalue weighted by Gasteiger charge is -2.39. The van der Waals surface area contributed by atoms with Gasteiger partial charge >= 0.3 is 24.3 Å². The molecule has 0 aromatic heterocycles. The van der Waals surface area contributed by atoms with Gasteiger partial charge in [-0.05, 0) is 103 Å². The van der Waals surface area contributed by atoms with Crippen LogP contribution in [0.1, 0.15) is 78.8 Å². The van der Waals surface area contributed by atoms with Crippen molar-refractivity contribution in [2.75, 3.05) is 6.61 Å². The second kappa shape index (κ2) is 11.7. The van der Waals surface area contributed by atoms with Crippen molar-refractivity contribution in [3.63, 3.8) is 0 Å². The number of esters is 2. The van der Waals surface area contributed by atoms with Gasteiger partial charge in [0.1, 0.15) is 23.4 Å². The van der Waals surface area contributed by atoms with Gasteiger partial charge in [0.15, 0.2) is 5.78 Å². The van der Waals surface area contributed by atoms with Gasteiger partial charge in [0.05, 0.1) is 34.8 Å². The maximum Gasteiger partial charge on any atom is 0.416 e. The fraction of sp³-hybridized carbons (Fsp3) is 0.528. The van der Waals surface area contributed by atoms with Crippen molar-refractivity contribution in [1.82, 2.24) is 0 Å². The quantitative estimate of drug-likeness (QED) is 0.205. The lowest BCUT2D eigenvalue weighted by molar-refractivity contribution is -0.151. The molecule has 264 valence electrons. The van der Waals surface area contributed by atoms with E-state index in [-0.39, 0.29) is 47.0 Å². The van der Waals surface area contributed by atoms with Gasteiger partial charge in [0.25, 0.3) is 0 Å². The lowest BCUT2D eigenvalue weighted by Crippen LogP contribution is -2.56. The highest BCUT2D eigenvalue weighted by atomic mass is 19.4. The Bertz CT molecular complexity index is 1670. The van der Waals surface area contributed by atoms with Crippen molar-refractivity contribution in [3.8, 4) is 0 Å². The number of ketones is 1. The number of ether oxygens (including phenoxy) is 3. The number of carbonyl (C=O) groups excluding carboxylic acids is 3. The number of aliphatic hydroxyl groups is 1. The van der Waals surface area contributed by atoms with Crippen molar-refractivity contribution in [3.05, 3.63) is 82.4 Å². The number of benzene rings is 2. The van der Waals surface area contributed by atoms with E-state index in [1.165, 1.54) is 0 Å². The number of fused-ring (bicyclic) bond motifs is 2. The Hall–Kier alpha value is -3.71. The summed E-state index contributed by atoms with van der Waals surface area (Å²) in [7, 11) is 0. The molecule has 2 aromatic carbocycles. The van der Waals surface area contributed by atoms with Crippen molar-refractivity contribution >= 4 is 17.7 Å². The predicted octanol–water partition coefficient (Wildman–Crippen LogP) is 7.21. The zero-order chi connectivity index (χ0) is 35.9. The highest BCUT2D eigenvalue weighted by Crippen LogP contribution is 2.63. The van der Waals surface area contributed by atoms with E-state index in [4.69, 9.17) is 14.2 Å². The number of halogens is 6. The van der Waals surface area contributed by atoms with Crippen LogP contribution in [-0.2, 0) is 31.4 Å². The van der Waals surface area contributed by atoms with Crippen LogP contribution in [0.5, 0.6) is 0 Å². The second-order valence-electron chi connectivity index (χ2n) is 14.5. The number of epoxide rings is 1. The van der Waals surface area contributed by atoms with E-state index in [1.54, 1.807) is 13.8 Å². The van der Waals surface area contributed by atoms with Crippen LogP contribution in [0, 0.1) is 29.1 Å². The molecule has 13 heteroatoms. The van der Waals surface area contributed by atoms with Crippen LogP contribution in [0.2, 0.25) is 0 Å². The molecule has 8 atom stereocenters. The molecule has 1 saturated heterocycles. The summed E-state index contributed by atoms with van der Waals surface area (Å²) in [4.78, 5) is 41.3. The predicted molar refractivity (Wildman–Crippen MR) is 161 cm³/mol.